The summed E-state index contributed by atoms with van der Waals surface area (Å²) in [4.78, 5) is 30.4. The Morgan fingerprint density at radius 2 is 1.54 bits per heavy atom. The quantitative estimate of drug-likeness (QED) is 0.447. The van der Waals surface area contributed by atoms with E-state index >= 15 is 0 Å². The Morgan fingerprint density at radius 1 is 0.875 bits per heavy atom. The van der Waals surface area contributed by atoms with Gasteiger partial charge in [0.05, 0.1) is 26.4 Å². The lowest BCUT2D eigenvalue weighted by Gasteiger charge is -2.03. The minimum atomic E-state index is -1.54. The van der Waals surface area contributed by atoms with Crippen LogP contribution in [0.1, 0.15) is 11.7 Å². The van der Waals surface area contributed by atoms with Gasteiger partial charge in [0, 0.05) is 6.07 Å². The molecule has 122 valence electrons. The number of rotatable bonds is 6. The fourth-order valence-electron chi connectivity index (χ4n) is 1.83. The molecule has 0 saturated heterocycles. The number of nitro benzene ring substituents is 2. The molecule has 0 N–H and O–H groups in total. The molecule has 0 fully saturated rings. The molecule has 1 unspecified atom stereocenters. The number of benzene rings is 2. The third-order valence-electron chi connectivity index (χ3n) is 2.94. The summed E-state index contributed by atoms with van der Waals surface area (Å²) in [5.74, 6) is 0. The normalized spacial score (nSPS) is 12.0. The highest BCUT2D eigenvalue weighted by atomic mass is 16.6. The molecule has 0 aromatic heterocycles. The smallest absolute Gasteiger partial charge is 0.262 e. The minimum Gasteiger partial charge on any atom is -0.262 e. The fourth-order valence-corrected chi connectivity index (χ4v) is 1.83. The lowest BCUT2D eigenvalue weighted by molar-refractivity contribution is -0.528. The van der Waals surface area contributed by atoms with Crippen LogP contribution in [0, 0.1) is 30.3 Å². The van der Waals surface area contributed by atoms with Crippen molar-refractivity contribution < 1.29 is 14.8 Å². The molecular weight excluding hydrogens is 322 g/mol. The van der Waals surface area contributed by atoms with Gasteiger partial charge in [0.1, 0.15) is 0 Å². The van der Waals surface area contributed by atoms with Crippen molar-refractivity contribution in [3.63, 3.8) is 0 Å². The first-order valence-corrected chi connectivity index (χ1v) is 6.42. The Labute approximate surface area is 133 Å². The summed E-state index contributed by atoms with van der Waals surface area (Å²) in [6, 6.07) is 10.5. The molecule has 0 heterocycles. The van der Waals surface area contributed by atoms with Gasteiger partial charge in [0.15, 0.2) is 5.69 Å². The van der Waals surface area contributed by atoms with Crippen molar-refractivity contribution in [3.8, 4) is 0 Å². The van der Waals surface area contributed by atoms with Gasteiger partial charge in [-0.2, -0.15) is 0 Å². The average molecular weight is 331 g/mol. The van der Waals surface area contributed by atoms with E-state index in [2.05, 4.69) is 10.2 Å². The molecule has 11 heteroatoms. The minimum absolute atomic E-state index is 0.246. The third kappa shape index (κ3) is 3.71. The summed E-state index contributed by atoms with van der Waals surface area (Å²) in [7, 11) is 0. The van der Waals surface area contributed by atoms with Gasteiger partial charge in [-0.15, -0.1) is 10.2 Å². The van der Waals surface area contributed by atoms with E-state index in [1.165, 1.54) is 12.1 Å². The maximum absolute atomic E-state index is 11.1. The van der Waals surface area contributed by atoms with Gasteiger partial charge < -0.3 is 0 Å². The molecule has 2 aromatic carbocycles. The van der Waals surface area contributed by atoms with E-state index < -0.39 is 32.3 Å². The predicted octanol–water partition coefficient (Wildman–Crippen LogP) is 3.56. The summed E-state index contributed by atoms with van der Waals surface area (Å²) in [6.07, 6.45) is -1.54. The Hall–Kier alpha value is -3.76. The SMILES string of the molecule is O=[N+]([O-])c1ccc(N=NC(c2ccccc2)[N+](=O)[O-])c([N+](=O)[O-])c1. The first-order valence-electron chi connectivity index (χ1n) is 6.42. The lowest BCUT2D eigenvalue weighted by Crippen LogP contribution is -2.07. The van der Waals surface area contributed by atoms with Crippen molar-refractivity contribution in [3.05, 3.63) is 84.4 Å². The zero-order valence-electron chi connectivity index (χ0n) is 11.9. The molecule has 0 spiro atoms. The third-order valence-corrected chi connectivity index (χ3v) is 2.94. The molecule has 0 aliphatic carbocycles. The molecule has 0 aliphatic heterocycles. The zero-order valence-corrected chi connectivity index (χ0v) is 11.9. The molecule has 2 rings (SSSR count). The van der Waals surface area contributed by atoms with Crippen LogP contribution in [0.15, 0.2) is 58.8 Å². The van der Waals surface area contributed by atoms with Crippen LogP contribution < -0.4 is 0 Å². The van der Waals surface area contributed by atoms with Crippen LogP contribution in [0.4, 0.5) is 17.1 Å². The van der Waals surface area contributed by atoms with Crippen LogP contribution >= 0.6 is 0 Å². The molecule has 0 saturated carbocycles. The number of azo groups is 1. The Morgan fingerprint density at radius 3 is 2.08 bits per heavy atom. The largest absolute Gasteiger partial charge is 0.346 e. The zero-order chi connectivity index (χ0) is 17.7. The predicted molar refractivity (Wildman–Crippen MR) is 80.4 cm³/mol. The number of nitro groups is 3. The number of nitrogens with zero attached hydrogens (tertiary/aromatic N) is 5. The molecule has 1 atom stereocenters. The van der Waals surface area contributed by atoms with Crippen LogP contribution in [-0.4, -0.2) is 14.8 Å². The van der Waals surface area contributed by atoms with E-state index in [0.29, 0.717) is 0 Å². The van der Waals surface area contributed by atoms with Gasteiger partial charge in [-0.1, -0.05) is 18.2 Å². The highest BCUT2D eigenvalue weighted by Crippen LogP contribution is 2.32. The standard InChI is InChI=1S/C13H9N5O6/c19-16(20)10-6-7-11(12(8-10)17(21)22)14-15-13(18(23)24)9-4-2-1-3-5-9/h1-8,13H. The number of hydrogen-bond donors (Lipinski definition) is 0. The molecule has 24 heavy (non-hydrogen) atoms. The first kappa shape index (κ1) is 16.6. The Bertz CT molecular complexity index is 823. The van der Waals surface area contributed by atoms with Crippen molar-refractivity contribution in [2.24, 2.45) is 10.2 Å². The molecule has 0 radical (unpaired) electrons. The molecule has 0 amide bonds. The fraction of sp³-hybridized carbons (Fsp3) is 0.0769. The van der Waals surface area contributed by atoms with E-state index in [9.17, 15) is 30.3 Å². The van der Waals surface area contributed by atoms with Crippen LogP contribution in [0.3, 0.4) is 0 Å². The van der Waals surface area contributed by atoms with Crippen molar-refractivity contribution in [1.29, 1.82) is 0 Å². The van der Waals surface area contributed by atoms with Crippen LogP contribution in [0.2, 0.25) is 0 Å². The monoisotopic (exact) mass is 331 g/mol. The van der Waals surface area contributed by atoms with Crippen molar-refractivity contribution in [2.45, 2.75) is 6.17 Å². The average Bonchev–Trinajstić information content (AvgIpc) is 2.55. The Balaban J connectivity index is 2.41. The molecular formula is C13H9N5O6. The van der Waals surface area contributed by atoms with Gasteiger partial charge in [0.2, 0.25) is 0 Å². The van der Waals surface area contributed by atoms with Gasteiger partial charge in [0.25, 0.3) is 5.69 Å². The van der Waals surface area contributed by atoms with Gasteiger partial charge in [-0.3, -0.25) is 30.3 Å². The van der Waals surface area contributed by atoms with E-state index in [-0.39, 0.29) is 11.3 Å². The second-order valence-corrected chi connectivity index (χ2v) is 4.47. The van der Waals surface area contributed by atoms with E-state index in [0.717, 1.165) is 18.2 Å². The molecule has 0 aliphatic rings. The lowest BCUT2D eigenvalue weighted by atomic mass is 10.2. The maximum Gasteiger partial charge on any atom is 0.346 e. The van der Waals surface area contributed by atoms with Gasteiger partial charge >= 0.3 is 11.9 Å². The molecule has 11 nitrogen and oxygen atoms in total. The summed E-state index contributed by atoms with van der Waals surface area (Å²) in [6.45, 7) is 0. The molecule has 2 aromatic rings. The van der Waals surface area contributed by atoms with Crippen LogP contribution in [0.25, 0.3) is 0 Å². The van der Waals surface area contributed by atoms with Crippen molar-refractivity contribution in [1.82, 2.24) is 0 Å². The summed E-state index contributed by atoms with van der Waals surface area (Å²) < 4.78 is 0. The summed E-state index contributed by atoms with van der Waals surface area (Å²) in [5.41, 5.74) is -1.22. The Kier molecular flexibility index (Phi) is 4.84. The van der Waals surface area contributed by atoms with Gasteiger partial charge in [-0.05, 0) is 18.2 Å². The maximum atomic E-state index is 11.1. The summed E-state index contributed by atoms with van der Waals surface area (Å²) in [5, 5.41) is 39.8. The van der Waals surface area contributed by atoms with Crippen LogP contribution in [-0.2, 0) is 0 Å². The van der Waals surface area contributed by atoms with E-state index in [1.807, 2.05) is 0 Å². The first-order chi connectivity index (χ1) is 11.4. The summed E-state index contributed by atoms with van der Waals surface area (Å²) >= 11 is 0. The van der Waals surface area contributed by atoms with E-state index in [4.69, 9.17) is 0 Å². The van der Waals surface area contributed by atoms with Crippen molar-refractivity contribution >= 4 is 17.1 Å². The molecule has 0 bridgehead atoms. The second-order valence-electron chi connectivity index (χ2n) is 4.47. The number of hydrogen-bond acceptors (Lipinski definition) is 8. The highest BCUT2D eigenvalue weighted by Gasteiger charge is 2.23. The highest BCUT2D eigenvalue weighted by molar-refractivity contribution is 5.61. The van der Waals surface area contributed by atoms with Gasteiger partial charge in [-0.25, -0.2) is 0 Å². The topological polar surface area (TPSA) is 154 Å². The number of non-ortho nitro benzene ring substituents is 1. The van der Waals surface area contributed by atoms with Crippen molar-refractivity contribution in [2.75, 3.05) is 0 Å². The van der Waals surface area contributed by atoms with E-state index in [1.54, 1.807) is 18.2 Å². The second kappa shape index (κ2) is 7.00. The van der Waals surface area contributed by atoms with Crippen LogP contribution in [0.5, 0.6) is 0 Å².